The highest BCUT2D eigenvalue weighted by atomic mass is 32.1. The van der Waals surface area contributed by atoms with Gasteiger partial charge in [-0.05, 0) is 43.6 Å². The van der Waals surface area contributed by atoms with Gasteiger partial charge >= 0.3 is 0 Å². The molecule has 8 heteroatoms. The molecule has 6 nitrogen and oxygen atoms in total. The number of nitrogens with one attached hydrogen (secondary N) is 2. The van der Waals surface area contributed by atoms with Gasteiger partial charge in [0.15, 0.2) is 5.13 Å². The smallest absolute Gasteiger partial charge is 0.275 e. The number of carbonyl (C=O) groups is 1. The van der Waals surface area contributed by atoms with Gasteiger partial charge in [0.1, 0.15) is 16.5 Å². The first kappa shape index (κ1) is 14.6. The number of aryl methyl sites for hydroxylation is 2. The van der Waals surface area contributed by atoms with E-state index in [2.05, 4.69) is 25.0 Å². The van der Waals surface area contributed by atoms with Crippen LogP contribution >= 0.6 is 22.9 Å². The number of amides is 1. The van der Waals surface area contributed by atoms with Crippen LogP contribution in [0.2, 0.25) is 0 Å². The number of nitrogens with zero attached hydrogens (tertiary/aromatic N) is 3. The number of hydrogen-bond acceptors (Lipinski definition) is 7. The maximum Gasteiger partial charge on any atom is 0.275 e. The molecule has 3 aromatic heterocycles. The number of pyridine rings is 1. The van der Waals surface area contributed by atoms with E-state index in [1.807, 2.05) is 38.1 Å². The Bertz CT molecular complexity index is 811. The summed E-state index contributed by atoms with van der Waals surface area (Å²) >= 11 is 2.61. The summed E-state index contributed by atoms with van der Waals surface area (Å²) in [6, 6.07) is 7.51. The summed E-state index contributed by atoms with van der Waals surface area (Å²) in [5.41, 5.74) is 2.16. The molecular weight excluding hydrogens is 318 g/mol. The molecule has 0 aromatic carbocycles. The highest BCUT2D eigenvalue weighted by molar-refractivity contribution is 7.14. The number of rotatable bonds is 4. The zero-order valence-electron chi connectivity index (χ0n) is 12.0. The molecule has 2 N–H and O–H groups in total. The Morgan fingerprint density at radius 2 is 2.05 bits per heavy atom. The molecule has 0 saturated carbocycles. The standard InChI is InChI=1S/C14H13N5OS2/c1-8-4-3-5-11(15-8)17-14-16-10(7-21-14)13(20)18-12-6-9(2)19-22-12/h3-7H,1-2H3,(H,18,20)(H,15,16,17). The van der Waals surface area contributed by atoms with Crippen molar-refractivity contribution in [3.63, 3.8) is 0 Å². The van der Waals surface area contributed by atoms with Gasteiger partial charge in [-0.15, -0.1) is 11.3 Å². The first-order chi connectivity index (χ1) is 10.6. The van der Waals surface area contributed by atoms with Gasteiger partial charge in [0, 0.05) is 11.1 Å². The fourth-order valence-corrected chi connectivity index (χ4v) is 3.11. The third-order valence-corrected chi connectivity index (χ3v) is 4.28. The molecule has 0 atom stereocenters. The van der Waals surface area contributed by atoms with Crippen LogP contribution in [0.5, 0.6) is 0 Å². The number of thiazole rings is 1. The Labute approximate surface area is 135 Å². The highest BCUT2D eigenvalue weighted by Gasteiger charge is 2.12. The Morgan fingerprint density at radius 1 is 1.18 bits per heavy atom. The van der Waals surface area contributed by atoms with Gasteiger partial charge in [-0.25, -0.2) is 9.97 Å². The Kier molecular flexibility index (Phi) is 4.12. The predicted octanol–water partition coefficient (Wildman–Crippen LogP) is 3.61. The predicted molar refractivity (Wildman–Crippen MR) is 89.2 cm³/mol. The SMILES string of the molecule is Cc1cc(NC(=O)c2csc(Nc3cccc(C)n3)n2)sn1. The maximum absolute atomic E-state index is 12.1. The van der Waals surface area contributed by atoms with Crippen molar-refractivity contribution >= 4 is 44.7 Å². The van der Waals surface area contributed by atoms with Gasteiger partial charge in [0.25, 0.3) is 5.91 Å². The van der Waals surface area contributed by atoms with Crippen LogP contribution in [0.15, 0.2) is 29.6 Å². The van der Waals surface area contributed by atoms with Crippen LogP contribution in [0.3, 0.4) is 0 Å². The third kappa shape index (κ3) is 3.46. The molecule has 3 heterocycles. The number of carbonyl (C=O) groups excluding carboxylic acids is 1. The molecule has 0 aliphatic rings. The summed E-state index contributed by atoms with van der Waals surface area (Å²) in [7, 11) is 0. The minimum absolute atomic E-state index is 0.245. The average Bonchev–Trinajstić information content (AvgIpc) is 3.08. The minimum Gasteiger partial charge on any atom is -0.316 e. The van der Waals surface area contributed by atoms with Crippen LogP contribution in [0, 0.1) is 13.8 Å². The fraction of sp³-hybridized carbons (Fsp3) is 0.143. The lowest BCUT2D eigenvalue weighted by Gasteiger charge is -2.02. The second-order valence-electron chi connectivity index (χ2n) is 4.61. The van der Waals surface area contributed by atoms with Crippen LogP contribution in [0.1, 0.15) is 21.9 Å². The Balaban J connectivity index is 1.69. The zero-order valence-corrected chi connectivity index (χ0v) is 13.6. The molecule has 112 valence electrons. The van der Waals surface area contributed by atoms with E-state index in [9.17, 15) is 4.79 Å². The average molecular weight is 331 g/mol. The molecule has 0 aliphatic carbocycles. The lowest BCUT2D eigenvalue weighted by molar-refractivity contribution is 0.102. The van der Waals surface area contributed by atoms with Crippen LogP contribution in [0.4, 0.5) is 16.0 Å². The van der Waals surface area contributed by atoms with Crippen LogP contribution in [-0.2, 0) is 0 Å². The molecule has 22 heavy (non-hydrogen) atoms. The van der Waals surface area contributed by atoms with Crippen LogP contribution in [0.25, 0.3) is 0 Å². The normalized spacial score (nSPS) is 10.5. The van der Waals surface area contributed by atoms with E-state index in [1.165, 1.54) is 22.9 Å². The summed E-state index contributed by atoms with van der Waals surface area (Å²) in [4.78, 5) is 20.7. The summed E-state index contributed by atoms with van der Waals surface area (Å²) in [6.45, 7) is 3.80. The monoisotopic (exact) mass is 331 g/mol. The van der Waals surface area contributed by atoms with Crippen molar-refractivity contribution in [2.24, 2.45) is 0 Å². The van der Waals surface area contributed by atoms with Crippen molar-refractivity contribution in [2.45, 2.75) is 13.8 Å². The van der Waals surface area contributed by atoms with Gasteiger partial charge in [-0.2, -0.15) is 4.37 Å². The van der Waals surface area contributed by atoms with Crippen LogP contribution < -0.4 is 10.6 Å². The molecule has 0 unspecified atom stereocenters. The molecule has 3 rings (SSSR count). The second-order valence-corrected chi connectivity index (χ2v) is 6.28. The summed E-state index contributed by atoms with van der Waals surface area (Å²) < 4.78 is 4.12. The second kappa shape index (κ2) is 6.20. The number of aromatic nitrogens is 3. The molecule has 1 amide bonds. The molecule has 0 radical (unpaired) electrons. The first-order valence-electron chi connectivity index (χ1n) is 6.51. The van der Waals surface area contributed by atoms with Gasteiger partial charge in [0.2, 0.25) is 0 Å². The Hall–Kier alpha value is -2.32. The van der Waals surface area contributed by atoms with Gasteiger partial charge < -0.3 is 10.6 Å². The fourth-order valence-electron chi connectivity index (χ4n) is 1.76. The van der Waals surface area contributed by atoms with Gasteiger partial charge in [-0.1, -0.05) is 6.07 Å². The van der Waals surface area contributed by atoms with Crippen molar-refractivity contribution in [1.82, 2.24) is 14.3 Å². The van der Waals surface area contributed by atoms with E-state index < -0.39 is 0 Å². The molecule has 0 bridgehead atoms. The minimum atomic E-state index is -0.245. The summed E-state index contributed by atoms with van der Waals surface area (Å²) in [6.07, 6.45) is 0. The van der Waals surface area contributed by atoms with E-state index in [0.29, 0.717) is 21.6 Å². The molecule has 0 aliphatic heterocycles. The largest absolute Gasteiger partial charge is 0.316 e. The van der Waals surface area contributed by atoms with Crippen molar-refractivity contribution in [3.8, 4) is 0 Å². The van der Waals surface area contributed by atoms with Crippen molar-refractivity contribution in [1.29, 1.82) is 0 Å². The highest BCUT2D eigenvalue weighted by Crippen LogP contribution is 2.21. The molecule has 3 aromatic rings. The van der Waals surface area contributed by atoms with E-state index in [1.54, 1.807) is 5.38 Å². The zero-order chi connectivity index (χ0) is 15.5. The van der Waals surface area contributed by atoms with E-state index in [4.69, 9.17) is 0 Å². The quantitative estimate of drug-likeness (QED) is 0.763. The molecule has 0 spiro atoms. The molecular formula is C14H13N5OS2. The third-order valence-electron chi connectivity index (χ3n) is 2.72. The van der Waals surface area contributed by atoms with E-state index in [0.717, 1.165) is 11.4 Å². The van der Waals surface area contributed by atoms with E-state index >= 15 is 0 Å². The molecule has 0 fully saturated rings. The topological polar surface area (TPSA) is 79.8 Å². The number of hydrogen-bond donors (Lipinski definition) is 2. The van der Waals surface area contributed by atoms with Crippen LogP contribution in [-0.4, -0.2) is 20.2 Å². The van der Waals surface area contributed by atoms with Gasteiger partial charge in [-0.3, -0.25) is 4.79 Å². The Morgan fingerprint density at radius 3 is 2.77 bits per heavy atom. The van der Waals surface area contributed by atoms with Crippen molar-refractivity contribution in [3.05, 3.63) is 46.7 Å². The maximum atomic E-state index is 12.1. The summed E-state index contributed by atoms with van der Waals surface area (Å²) in [5.74, 6) is 0.463. The summed E-state index contributed by atoms with van der Waals surface area (Å²) in [5, 5.41) is 8.93. The lowest BCUT2D eigenvalue weighted by Crippen LogP contribution is -2.11. The molecule has 0 saturated heterocycles. The first-order valence-corrected chi connectivity index (χ1v) is 8.16. The number of anilines is 3. The van der Waals surface area contributed by atoms with Crippen molar-refractivity contribution in [2.75, 3.05) is 10.6 Å². The van der Waals surface area contributed by atoms with Gasteiger partial charge in [0.05, 0.1) is 5.69 Å². The van der Waals surface area contributed by atoms with Crippen molar-refractivity contribution < 1.29 is 4.79 Å². The lowest BCUT2D eigenvalue weighted by atomic mass is 10.4. The van der Waals surface area contributed by atoms with E-state index in [-0.39, 0.29) is 5.91 Å².